The van der Waals surface area contributed by atoms with Gasteiger partial charge < -0.3 is 10.6 Å². The maximum absolute atomic E-state index is 7.46. The van der Waals surface area contributed by atoms with Crippen LogP contribution >= 0.6 is 15.9 Å². The second kappa shape index (κ2) is 5.04. The highest BCUT2D eigenvalue weighted by Gasteiger charge is 2.23. The number of hydrogen-bond acceptors (Lipinski definition) is 3. The zero-order valence-corrected chi connectivity index (χ0v) is 11.5. The lowest BCUT2D eigenvalue weighted by Crippen LogP contribution is -2.38. The number of nitrogens with one attached hydrogen (secondary N) is 1. The van der Waals surface area contributed by atoms with Crippen LogP contribution in [0.1, 0.15) is 18.4 Å². The Morgan fingerprint density at radius 1 is 1.53 bits per heavy atom. The van der Waals surface area contributed by atoms with E-state index in [-0.39, 0.29) is 5.92 Å². The van der Waals surface area contributed by atoms with Crippen LogP contribution < -0.4 is 10.6 Å². The van der Waals surface area contributed by atoms with Crippen LogP contribution in [-0.4, -0.2) is 23.9 Å². The van der Waals surface area contributed by atoms with E-state index in [4.69, 9.17) is 11.1 Å². The highest BCUT2D eigenvalue weighted by molar-refractivity contribution is 9.10. The molecule has 4 nitrogen and oxygen atoms in total. The number of amidine groups is 1. The number of pyridine rings is 1. The Labute approximate surface area is 110 Å². The van der Waals surface area contributed by atoms with Gasteiger partial charge in [-0.3, -0.25) is 5.41 Å². The first kappa shape index (κ1) is 12.4. The highest BCUT2D eigenvalue weighted by Crippen LogP contribution is 2.28. The Morgan fingerprint density at radius 3 is 2.71 bits per heavy atom. The fraction of sp³-hybridized carbons (Fsp3) is 0.500. The Hall–Kier alpha value is -1.10. The van der Waals surface area contributed by atoms with Crippen molar-refractivity contribution in [3.63, 3.8) is 0 Å². The van der Waals surface area contributed by atoms with E-state index in [1.54, 1.807) is 0 Å². The van der Waals surface area contributed by atoms with Crippen LogP contribution in [0.15, 0.2) is 16.7 Å². The maximum Gasteiger partial charge on any atom is 0.142 e. The molecular formula is C12H17BrN4. The van der Waals surface area contributed by atoms with Crippen molar-refractivity contribution in [3.8, 4) is 0 Å². The van der Waals surface area contributed by atoms with E-state index in [9.17, 15) is 0 Å². The van der Waals surface area contributed by atoms with Crippen molar-refractivity contribution in [2.75, 3.05) is 18.0 Å². The van der Waals surface area contributed by atoms with Crippen molar-refractivity contribution in [2.24, 2.45) is 11.7 Å². The fourth-order valence-electron chi connectivity index (χ4n) is 2.16. The summed E-state index contributed by atoms with van der Waals surface area (Å²) in [7, 11) is 0. The van der Waals surface area contributed by atoms with Gasteiger partial charge in [-0.2, -0.15) is 0 Å². The van der Waals surface area contributed by atoms with Crippen molar-refractivity contribution < 1.29 is 0 Å². The minimum absolute atomic E-state index is 0.246. The van der Waals surface area contributed by atoms with Crippen molar-refractivity contribution in [1.29, 1.82) is 5.41 Å². The van der Waals surface area contributed by atoms with E-state index in [0.29, 0.717) is 5.84 Å². The average molecular weight is 297 g/mol. The van der Waals surface area contributed by atoms with Crippen LogP contribution in [-0.2, 0) is 0 Å². The lowest BCUT2D eigenvalue weighted by atomic mass is 9.96. The fourth-order valence-corrected chi connectivity index (χ4v) is 2.88. The van der Waals surface area contributed by atoms with Gasteiger partial charge >= 0.3 is 0 Å². The Kier molecular flexibility index (Phi) is 3.66. The summed E-state index contributed by atoms with van der Waals surface area (Å²) in [4.78, 5) is 6.72. The van der Waals surface area contributed by atoms with E-state index in [2.05, 4.69) is 31.9 Å². The summed E-state index contributed by atoms with van der Waals surface area (Å²) in [5, 5.41) is 7.46. The molecule has 0 spiro atoms. The third-order valence-corrected chi connectivity index (χ3v) is 3.78. The Balaban J connectivity index is 2.08. The molecule has 1 aliphatic rings. The standard InChI is InChI=1S/C12H17BrN4/c1-8-6-10(13)12(16-7-8)17-4-2-9(3-5-17)11(14)15/h6-7,9H,2-5H2,1H3,(H3,14,15). The van der Waals surface area contributed by atoms with Crippen molar-refractivity contribution in [1.82, 2.24) is 4.98 Å². The van der Waals surface area contributed by atoms with Gasteiger partial charge in [0.05, 0.1) is 10.3 Å². The smallest absolute Gasteiger partial charge is 0.142 e. The van der Waals surface area contributed by atoms with Gasteiger partial charge in [0, 0.05) is 25.2 Å². The SMILES string of the molecule is Cc1cnc(N2CCC(C(=N)N)CC2)c(Br)c1. The lowest BCUT2D eigenvalue weighted by molar-refractivity contribution is 0.495. The quantitative estimate of drug-likeness (QED) is 0.650. The molecule has 17 heavy (non-hydrogen) atoms. The summed E-state index contributed by atoms with van der Waals surface area (Å²) < 4.78 is 1.04. The molecule has 0 atom stereocenters. The zero-order chi connectivity index (χ0) is 12.4. The monoisotopic (exact) mass is 296 g/mol. The molecule has 0 saturated carbocycles. The van der Waals surface area contributed by atoms with Crippen molar-refractivity contribution in [2.45, 2.75) is 19.8 Å². The van der Waals surface area contributed by atoms with E-state index in [1.165, 1.54) is 0 Å². The minimum Gasteiger partial charge on any atom is -0.387 e. The molecule has 2 rings (SSSR count). The molecule has 92 valence electrons. The second-order valence-corrected chi connectivity index (χ2v) is 5.39. The number of rotatable bonds is 2. The van der Waals surface area contributed by atoms with Crippen LogP contribution in [0.3, 0.4) is 0 Å². The molecule has 0 aliphatic carbocycles. The molecule has 2 heterocycles. The molecule has 3 N–H and O–H groups in total. The third kappa shape index (κ3) is 2.77. The van der Waals surface area contributed by atoms with Crippen LogP contribution in [0.2, 0.25) is 0 Å². The Bertz CT molecular complexity index is 425. The van der Waals surface area contributed by atoms with Gasteiger partial charge in [0.1, 0.15) is 5.82 Å². The third-order valence-electron chi connectivity index (χ3n) is 3.19. The number of aryl methyl sites for hydroxylation is 1. The maximum atomic E-state index is 7.46. The summed E-state index contributed by atoms with van der Waals surface area (Å²) in [5.74, 6) is 1.56. The lowest BCUT2D eigenvalue weighted by Gasteiger charge is -2.32. The molecule has 0 bridgehead atoms. The minimum atomic E-state index is 0.246. The van der Waals surface area contributed by atoms with E-state index < -0.39 is 0 Å². The van der Waals surface area contributed by atoms with E-state index in [1.807, 2.05) is 13.1 Å². The van der Waals surface area contributed by atoms with Crippen molar-refractivity contribution >= 4 is 27.6 Å². The number of nitrogens with zero attached hydrogens (tertiary/aromatic N) is 2. The zero-order valence-electron chi connectivity index (χ0n) is 9.91. The predicted octanol–water partition coefficient (Wildman–Crippen LogP) is 2.30. The predicted molar refractivity (Wildman–Crippen MR) is 73.5 cm³/mol. The second-order valence-electron chi connectivity index (χ2n) is 4.53. The first-order valence-corrected chi connectivity index (χ1v) is 6.58. The molecule has 1 aromatic rings. The molecular weight excluding hydrogens is 280 g/mol. The molecule has 1 fully saturated rings. The summed E-state index contributed by atoms with van der Waals surface area (Å²) >= 11 is 3.56. The first-order valence-electron chi connectivity index (χ1n) is 5.79. The number of nitrogens with two attached hydrogens (primary N) is 1. The molecule has 0 unspecified atom stereocenters. The average Bonchev–Trinajstić information content (AvgIpc) is 2.29. The van der Waals surface area contributed by atoms with Crippen LogP contribution in [0.5, 0.6) is 0 Å². The van der Waals surface area contributed by atoms with Gasteiger partial charge in [0.15, 0.2) is 0 Å². The molecule has 1 saturated heterocycles. The number of anilines is 1. The van der Waals surface area contributed by atoms with Gasteiger partial charge in [-0.25, -0.2) is 4.98 Å². The number of halogens is 1. The molecule has 0 amide bonds. The highest BCUT2D eigenvalue weighted by atomic mass is 79.9. The van der Waals surface area contributed by atoms with E-state index in [0.717, 1.165) is 41.8 Å². The van der Waals surface area contributed by atoms with Crippen LogP contribution in [0.25, 0.3) is 0 Å². The van der Waals surface area contributed by atoms with Gasteiger partial charge in [0.25, 0.3) is 0 Å². The van der Waals surface area contributed by atoms with Crippen molar-refractivity contribution in [3.05, 3.63) is 22.3 Å². The molecule has 1 aliphatic heterocycles. The first-order chi connectivity index (χ1) is 8.08. The summed E-state index contributed by atoms with van der Waals surface area (Å²) in [6, 6.07) is 2.08. The normalized spacial score (nSPS) is 17.2. The number of piperidine rings is 1. The molecule has 1 aromatic heterocycles. The van der Waals surface area contributed by atoms with Crippen LogP contribution in [0.4, 0.5) is 5.82 Å². The number of hydrogen-bond donors (Lipinski definition) is 2. The Morgan fingerprint density at radius 2 is 2.18 bits per heavy atom. The topological polar surface area (TPSA) is 66.0 Å². The van der Waals surface area contributed by atoms with Crippen LogP contribution in [0, 0.1) is 18.3 Å². The largest absolute Gasteiger partial charge is 0.387 e. The van der Waals surface area contributed by atoms with E-state index >= 15 is 0 Å². The molecule has 0 radical (unpaired) electrons. The number of aromatic nitrogens is 1. The molecule has 5 heteroatoms. The summed E-state index contributed by atoms with van der Waals surface area (Å²) in [6.45, 7) is 3.86. The van der Waals surface area contributed by atoms with Gasteiger partial charge in [0.2, 0.25) is 0 Å². The summed E-state index contributed by atoms with van der Waals surface area (Å²) in [5.41, 5.74) is 6.69. The summed E-state index contributed by atoms with van der Waals surface area (Å²) in [6.07, 6.45) is 3.77. The van der Waals surface area contributed by atoms with Gasteiger partial charge in [-0.15, -0.1) is 0 Å². The molecule has 0 aromatic carbocycles. The van der Waals surface area contributed by atoms with Gasteiger partial charge in [-0.05, 0) is 47.3 Å². The van der Waals surface area contributed by atoms with Gasteiger partial charge in [-0.1, -0.05) is 0 Å².